The van der Waals surface area contributed by atoms with Crippen LogP contribution in [-0.4, -0.2) is 0 Å². The maximum Gasteiger partial charge on any atom is 0.0487 e. The summed E-state index contributed by atoms with van der Waals surface area (Å²) in [5, 5.41) is 0. The summed E-state index contributed by atoms with van der Waals surface area (Å²) in [5.41, 5.74) is 22.0. The lowest BCUT2D eigenvalue weighted by molar-refractivity contribution is 0.660. The van der Waals surface area contributed by atoms with Crippen LogP contribution in [0, 0.1) is 0 Å². The molecule has 8 aromatic rings. The molecule has 0 saturated heterocycles. The molecule has 10 rings (SSSR count). The molecule has 56 heavy (non-hydrogen) atoms. The van der Waals surface area contributed by atoms with Crippen molar-refractivity contribution in [1.82, 2.24) is 0 Å². The summed E-state index contributed by atoms with van der Waals surface area (Å²) in [6.45, 7) is 10.1. The highest BCUT2D eigenvalue weighted by Gasteiger charge is 2.36. The average Bonchev–Trinajstić information content (AvgIpc) is 3.62. The van der Waals surface area contributed by atoms with E-state index >= 15 is 0 Å². The van der Waals surface area contributed by atoms with E-state index in [9.17, 15) is 0 Å². The molecular formula is C55H45N. The third-order valence-electron chi connectivity index (χ3n) is 12.6. The molecule has 0 heterocycles. The Hall–Kier alpha value is -6.44. The van der Waals surface area contributed by atoms with E-state index in [2.05, 4.69) is 221 Å². The van der Waals surface area contributed by atoms with Crippen molar-refractivity contribution in [2.75, 3.05) is 4.90 Å². The zero-order chi connectivity index (χ0) is 38.0. The van der Waals surface area contributed by atoms with Crippen molar-refractivity contribution in [1.29, 1.82) is 0 Å². The van der Waals surface area contributed by atoms with Crippen LogP contribution in [0.15, 0.2) is 188 Å². The van der Waals surface area contributed by atoms with Crippen LogP contribution in [0.4, 0.5) is 11.4 Å². The van der Waals surface area contributed by atoms with Crippen LogP contribution in [0.25, 0.3) is 55.6 Å². The summed E-state index contributed by atoms with van der Waals surface area (Å²) in [7, 11) is 0. The molecule has 0 bridgehead atoms. The van der Waals surface area contributed by atoms with Crippen molar-refractivity contribution in [2.45, 2.75) is 45.1 Å². The third-order valence-corrected chi connectivity index (χ3v) is 12.6. The van der Waals surface area contributed by atoms with Crippen LogP contribution in [0.1, 0.15) is 55.5 Å². The van der Waals surface area contributed by atoms with Crippen LogP contribution in [-0.2, 0) is 17.4 Å². The second kappa shape index (κ2) is 13.1. The molecule has 0 aliphatic heterocycles. The standard InChI is InChI=1S/C55H45N/c1-54(2)50-20-12-10-18-46(50)48-32-26-40(34-52(48)54)37-22-28-43(29-23-37)56(36-42-16-8-9-17-45(42)39-14-6-5-7-15-39)44-30-24-38(25-31-44)41-27-33-49-47-19-11-13-21-51(47)55(3,4)53(49)35-41/h5-35H,36H2,1-4H3. The Balaban J connectivity index is 1.01. The van der Waals surface area contributed by atoms with E-state index in [-0.39, 0.29) is 10.8 Å². The molecular weight excluding hydrogens is 675 g/mol. The zero-order valence-electron chi connectivity index (χ0n) is 32.6. The molecule has 0 atom stereocenters. The summed E-state index contributed by atoms with van der Waals surface area (Å²) in [5.74, 6) is 0. The highest BCUT2D eigenvalue weighted by molar-refractivity contribution is 5.85. The molecule has 0 aromatic heterocycles. The minimum absolute atomic E-state index is 0.0298. The van der Waals surface area contributed by atoms with Crippen LogP contribution in [0.5, 0.6) is 0 Å². The van der Waals surface area contributed by atoms with Gasteiger partial charge in [-0.25, -0.2) is 0 Å². The van der Waals surface area contributed by atoms with Crippen LogP contribution in [0.3, 0.4) is 0 Å². The Morgan fingerprint density at radius 1 is 0.321 bits per heavy atom. The van der Waals surface area contributed by atoms with Gasteiger partial charge in [0.15, 0.2) is 0 Å². The second-order valence-corrected chi connectivity index (χ2v) is 16.6. The predicted octanol–water partition coefficient (Wildman–Crippen LogP) is 14.6. The van der Waals surface area contributed by atoms with Gasteiger partial charge in [0.2, 0.25) is 0 Å². The molecule has 8 aromatic carbocycles. The number of benzene rings is 8. The van der Waals surface area contributed by atoms with Crippen molar-refractivity contribution < 1.29 is 0 Å². The first-order valence-electron chi connectivity index (χ1n) is 19.9. The summed E-state index contributed by atoms with van der Waals surface area (Å²) in [6.07, 6.45) is 0. The maximum absolute atomic E-state index is 2.46. The van der Waals surface area contributed by atoms with Crippen molar-refractivity contribution in [2.24, 2.45) is 0 Å². The van der Waals surface area contributed by atoms with E-state index in [1.165, 1.54) is 83.5 Å². The van der Waals surface area contributed by atoms with E-state index in [1.807, 2.05) is 0 Å². The molecule has 1 heteroatoms. The summed E-state index contributed by atoms with van der Waals surface area (Å²) in [6, 6.07) is 69.7. The lowest BCUT2D eigenvalue weighted by Gasteiger charge is -2.27. The van der Waals surface area contributed by atoms with Crippen LogP contribution in [0.2, 0.25) is 0 Å². The van der Waals surface area contributed by atoms with E-state index in [4.69, 9.17) is 0 Å². The normalized spacial score (nSPS) is 14.1. The fourth-order valence-corrected chi connectivity index (χ4v) is 9.49. The van der Waals surface area contributed by atoms with Crippen molar-refractivity contribution in [3.63, 3.8) is 0 Å². The fourth-order valence-electron chi connectivity index (χ4n) is 9.49. The number of hydrogen-bond acceptors (Lipinski definition) is 1. The third kappa shape index (κ3) is 5.53. The van der Waals surface area contributed by atoms with Gasteiger partial charge in [-0.15, -0.1) is 0 Å². The molecule has 0 spiro atoms. The average molecular weight is 720 g/mol. The second-order valence-electron chi connectivity index (χ2n) is 16.6. The number of fused-ring (bicyclic) bond motifs is 6. The molecule has 1 nitrogen and oxygen atoms in total. The van der Waals surface area contributed by atoms with Crippen LogP contribution >= 0.6 is 0 Å². The molecule has 0 amide bonds. The van der Waals surface area contributed by atoms with Crippen molar-refractivity contribution in [3.8, 4) is 55.6 Å². The Labute approximate surface area is 331 Å². The summed E-state index contributed by atoms with van der Waals surface area (Å²) >= 11 is 0. The molecule has 2 aliphatic carbocycles. The molecule has 0 N–H and O–H groups in total. The van der Waals surface area contributed by atoms with E-state index in [1.54, 1.807) is 0 Å². The van der Waals surface area contributed by atoms with Gasteiger partial charge in [0.25, 0.3) is 0 Å². The van der Waals surface area contributed by atoms with Gasteiger partial charge in [0.1, 0.15) is 0 Å². The molecule has 2 aliphatic rings. The van der Waals surface area contributed by atoms with Gasteiger partial charge in [-0.2, -0.15) is 0 Å². The molecule has 0 saturated carbocycles. The highest BCUT2D eigenvalue weighted by atomic mass is 15.1. The van der Waals surface area contributed by atoms with E-state index < -0.39 is 0 Å². The molecule has 0 radical (unpaired) electrons. The van der Waals surface area contributed by atoms with Gasteiger partial charge in [0, 0.05) is 28.7 Å². The Morgan fingerprint density at radius 2 is 0.714 bits per heavy atom. The van der Waals surface area contributed by atoms with E-state index in [0.29, 0.717) is 0 Å². The van der Waals surface area contributed by atoms with E-state index in [0.717, 1.165) is 17.9 Å². The Kier molecular flexibility index (Phi) is 7.97. The fraction of sp³-hybridized carbons (Fsp3) is 0.127. The van der Waals surface area contributed by atoms with Gasteiger partial charge < -0.3 is 4.90 Å². The zero-order valence-corrected chi connectivity index (χ0v) is 32.6. The largest absolute Gasteiger partial charge is 0.337 e. The summed E-state index contributed by atoms with van der Waals surface area (Å²) < 4.78 is 0. The van der Waals surface area contributed by atoms with Crippen LogP contribution < -0.4 is 4.90 Å². The number of nitrogens with zero attached hydrogens (tertiary/aromatic N) is 1. The quantitative estimate of drug-likeness (QED) is 0.159. The number of hydrogen-bond donors (Lipinski definition) is 0. The first-order valence-corrected chi connectivity index (χ1v) is 19.9. The van der Waals surface area contributed by atoms with Gasteiger partial charge in [-0.3, -0.25) is 0 Å². The Morgan fingerprint density at radius 3 is 1.21 bits per heavy atom. The van der Waals surface area contributed by atoms with Gasteiger partial charge >= 0.3 is 0 Å². The van der Waals surface area contributed by atoms with Crippen molar-refractivity contribution in [3.05, 3.63) is 216 Å². The number of anilines is 2. The van der Waals surface area contributed by atoms with Crippen molar-refractivity contribution >= 4 is 11.4 Å². The summed E-state index contributed by atoms with van der Waals surface area (Å²) in [4.78, 5) is 2.46. The van der Waals surface area contributed by atoms with Gasteiger partial charge in [-0.05, 0) is 120 Å². The van der Waals surface area contributed by atoms with Gasteiger partial charge in [-0.1, -0.05) is 179 Å². The Bertz CT molecular complexity index is 2600. The highest BCUT2D eigenvalue weighted by Crippen LogP contribution is 2.51. The SMILES string of the molecule is CC1(C)c2ccccc2-c2ccc(-c3ccc(N(Cc4ccccc4-c4ccccc4)c4ccc(-c5ccc6c(c5)C(C)(C)c5ccccc5-6)cc4)cc3)cc21. The smallest absolute Gasteiger partial charge is 0.0487 e. The monoisotopic (exact) mass is 719 g/mol. The van der Waals surface area contributed by atoms with Gasteiger partial charge in [0.05, 0.1) is 0 Å². The molecule has 0 unspecified atom stereocenters. The maximum atomic E-state index is 2.46. The molecule has 270 valence electrons. The first-order chi connectivity index (χ1) is 27.3. The minimum atomic E-state index is -0.0298. The molecule has 0 fully saturated rings. The minimum Gasteiger partial charge on any atom is -0.337 e. The lowest BCUT2D eigenvalue weighted by atomic mass is 9.81. The first kappa shape index (κ1) is 34.1. The lowest BCUT2D eigenvalue weighted by Crippen LogP contribution is -2.17. The predicted molar refractivity (Wildman–Crippen MR) is 237 cm³/mol. The topological polar surface area (TPSA) is 3.24 Å². The number of rotatable bonds is 7.